The van der Waals surface area contributed by atoms with Crippen LogP contribution in [0.15, 0.2) is 12.2 Å². The van der Waals surface area contributed by atoms with E-state index in [-0.39, 0.29) is 31.8 Å². The van der Waals surface area contributed by atoms with E-state index in [1.165, 1.54) is 0 Å². The van der Waals surface area contributed by atoms with Crippen LogP contribution in [0.25, 0.3) is 0 Å². The minimum absolute atomic E-state index is 0.0245. The third kappa shape index (κ3) is 4.52. The Kier molecular flexibility index (Phi) is 5.42. The topological polar surface area (TPSA) is 66.8 Å². The summed E-state index contributed by atoms with van der Waals surface area (Å²) in [5, 5.41) is 16.7. The third-order valence-corrected chi connectivity index (χ3v) is 1.03. The first-order chi connectivity index (χ1) is 5.22. The lowest BCUT2D eigenvalue weighted by molar-refractivity contribution is -0.140. The van der Waals surface area contributed by atoms with Crippen molar-refractivity contribution < 1.29 is 19.7 Å². The molecule has 0 spiro atoms. The summed E-state index contributed by atoms with van der Waals surface area (Å²) in [6, 6.07) is 0. The van der Waals surface area contributed by atoms with E-state index in [1.54, 1.807) is 0 Å². The van der Waals surface area contributed by atoms with Crippen LogP contribution >= 0.6 is 0 Å². The summed E-state index contributed by atoms with van der Waals surface area (Å²) in [6.07, 6.45) is 0.213. The predicted molar refractivity (Wildman–Crippen MR) is 38.9 cm³/mol. The lowest BCUT2D eigenvalue weighted by Gasteiger charge is -2.02. The second-order valence-electron chi connectivity index (χ2n) is 1.94. The van der Waals surface area contributed by atoms with Crippen molar-refractivity contribution in [3.05, 3.63) is 12.2 Å². The van der Waals surface area contributed by atoms with Gasteiger partial charge in [0.2, 0.25) is 0 Å². The van der Waals surface area contributed by atoms with Crippen molar-refractivity contribution in [3.8, 4) is 0 Å². The van der Waals surface area contributed by atoms with Crippen LogP contribution in [0.2, 0.25) is 0 Å². The molecule has 64 valence electrons. The van der Waals surface area contributed by atoms with Crippen molar-refractivity contribution in [1.29, 1.82) is 0 Å². The van der Waals surface area contributed by atoms with Crippen LogP contribution in [0.5, 0.6) is 0 Å². The molecule has 0 aliphatic rings. The zero-order valence-corrected chi connectivity index (χ0v) is 6.25. The van der Waals surface area contributed by atoms with E-state index < -0.39 is 5.97 Å². The van der Waals surface area contributed by atoms with Gasteiger partial charge >= 0.3 is 5.97 Å². The Morgan fingerprint density at radius 3 is 2.45 bits per heavy atom. The average molecular weight is 160 g/mol. The van der Waals surface area contributed by atoms with Crippen LogP contribution in [0, 0.1) is 0 Å². The molecule has 0 saturated carbocycles. The molecule has 2 N–H and O–H groups in total. The molecular weight excluding hydrogens is 148 g/mol. The summed E-state index contributed by atoms with van der Waals surface area (Å²) in [6.45, 7) is 3.04. The molecule has 0 amide bonds. The zero-order valence-electron chi connectivity index (χ0n) is 6.25. The number of aliphatic hydroxyl groups excluding tert-OH is 2. The van der Waals surface area contributed by atoms with Crippen molar-refractivity contribution >= 4 is 5.97 Å². The molecule has 11 heavy (non-hydrogen) atoms. The Morgan fingerprint density at radius 2 is 2.00 bits per heavy atom. The first-order valence-corrected chi connectivity index (χ1v) is 3.29. The fourth-order valence-corrected chi connectivity index (χ4v) is 0.477. The van der Waals surface area contributed by atoms with Crippen LogP contribution in [0.4, 0.5) is 0 Å². The van der Waals surface area contributed by atoms with Crippen molar-refractivity contribution in [1.82, 2.24) is 0 Å². The first kappa shape index (κ1) is 10.1. The second-order valence-corrected chi connectivity index (χ2v) is 1.94. The quantitative estimate of drug-likeness (QED) is 0.418. The molecule has 0 bridgehead atoms. The molecule has 0 saturated heterocycles. The number of ether oxygens (including phenoxy) is 1. The molecule has 0 aromatic carbocycles. The van der Waals surface area contributed by atoms with Gasteiger partial charge in [-0.05, 0) is 0 Å². The number of hydrogen-bond acceptors (Lipinski definition) is 4. The molecule has 0 fully saturated rings. The number of carbonyl (C=O) groups is 1. The molecule has 0 radical (unpaired) electrons. The van der Waals surface area contributed by atoms with E-state index in [0.717, 1.165) is 0 Å². The summed E-state index contributed by atoms with van der Waals surface area (Å²) in [7, 11) is 0. The minimum atomic E-state index is -0.562. The standard InChI is InChI=1S/C7H12O4/c1-6(2-3-8)7(10)11-5-4-9/h8-9H,1-5H2. The molecule has 0 atom stereocenters. The van der Waals surface area contributed by atoms with Gasteiger partial charge in [0.1, 0.15) is 6.61 Å². The van der Waals surface area contributed by atoms with Crippen molar-refractivity contribution in [3.63, 3.8) is 0 Å². The van der Waals surface area contributed by atoms with E-state index in [4.69, 9.17) is 10.2 Å². The third-order valence-electron chi connectivity index (χ3n) is 1.03. The van der Waals surface area contributed by atoms with Gasteiger partial charge in [-0.1, -0.05) is 6.58 Å². The van der Waals surface area contributed by atoms with Crippen LogP contribution in [0.3, 0.4) is 0 Å². The predicted octanol–water partition coefficient (Wildman–Crippen LogP) is -0.540. The SMILES string of the molecule is C=C(CCO)C(=O)OCCO. The van der Waals surface area contributed by atoms with Crippen LogP contribution in [0.1, 0.15) is 6.42 Å². The Bertz CT molecular complexity index is 141. The maximum atomic E-state index is 10.7. The Morgan fingerprint density at radius 1 is 1.36 bits per heavy atom. The van der Waals surface area contributed by atoms with Gasteiger partial charge < -0.3 is 14.9 Å². The highest BCUT2D eigenvalue weighted by molar-refractivity contribution is 5.87. The maximum absolute atomic E-state index is 10.7. The highest BCUT2D eigenvalue weighted by atomic mass is 16.5. The first-order valence-electron chi connectivity index (χ1n) is 3.29. The lowest BCUT2D eigenvalue weighted by atomic mass is 10.2. The largest absolute Gasteiger partial charge is 0.460 e. The molecule has 4 nitrogen and oxygen atoms in total. The van der Waals surface area contributed by atoms with Gasteiger partial charge in [-0.2, -0.15) is 0 Å². The minimum Gasteiger partial charge on any atom is -0.460 e. The summed E-state index contributed by atoms with van der Waals surface area (Å²) in [5.41, 5.74) is 0.223. The normalized spacial score (nSPS) is 9.27. The van der Waals surface area contributed by atoms with Gasteiger partial charge in [0.15, 0.2) is 0 Å². The van der Waals surface area contributed by atoms with Gasteiger partial charge in [0.05, 0.1) is 6.61 Å². The molecule has 0 unspecified atom stereocenters. The van der Waals surface area contributed by atoms with Crippen LogP contribution < -0.4 is 0 Å². The lowest BCUT2D eigenvalue weighted by Crippen LogP contribution is -2.11. The average Bonchev–Trinajstić information content (AvgIpc) is 2.00. The van der Waals surface area contributed by atoms with E-state index >= 15 is 0 Å². The maximum Gasteiger partial charge on any atom is 0.333 e. The smallest absolute Gasteiger partial charge is 0.333 e. The summed E-state index contributed by atoms with van der Waals surface area (Å²) in [5.74, 6) is -0.562. The van der Waals surface area contributed by atoms with E-state index in [2.05, 4.69) is 11.3 Å². The van der Waals surface area contributed by atoms with E-state index in [9.17, 15) is 4.79 Å². The van der Waals surface area contributed by atoms with Crippen LogP contribution in [-0.4, -0.2) is 36.0 Å². The molecule has 0 aromatic rings. The summed E-state index contributed by atoms with van der Waals surface area (Å²) < 4.78 is 4.51. The van der Waals surface area contributed by atoms with Gasteiger partial charge in [0.25, 0.3) is 0 Å². The molecule has 0 heterocycles. The molecule has 0 rings (SSSR count). The summed E-state index contributed by atoms with van der Waals surface area (Å²) in [4.78, 5) is 10.7. The molecule has 0 aromatic heterocycles. The van der Waals surface area contributed by atoms with E-state index in [1.807, 2.05) is 0 Å². The van der Waals surface area contributed by atoms with E-state index in [0.29, 0.717) is 0 Å². The highest BCUT2D eigenvalue weighted by Gasteiger charge is 2.06. The zero-order chi connectivity index (χ0) is 8.69. The number of rotatable bonds is 5. The van der Waals surface area contributed by atoms with Gasteiger partial charge in [0, 0.05) is 18.6 Å². The van der Waals surface area contributed by atoms with Gasteiger partial charge in [-0.25, -0.2) is 4.79 Å². The van der Waals surface area contributed by atoms with Crippen LogP contribution in [-0.2, 0) is 9.53 Å². The molecule has 0 aliphatic heterocycles. The number of hydrogen-bond donors (Lipinski definition) is 2. The Labute approximate surface area is 65.1 Å². The van der Waals surface area contributed by atoms with Crippen molar-refractivity contribution in [2.24, 2.45) is 0 Å². The van der Waals surface area contributed by atoms with Crippen molar-refractivity contribution in [2.45, 2.75) is 6.42 Å². The monoisotopic (exact) mass is 160 g/mol. The molecule has 0 aliphatic carbocycles. The Hall–Kier alpha value is -0.870. The number of carbonyl (C=O) groups excluding carboxylic acids is 1. The fourth-order valence-electron chi connectivity index (χ4n) is 0.477. The highest BCUT2D eigenvalue weighted by Crippen LogP contribution is 1.98. The Balaban J connectivity index is 3.56. The fraction of sp³-hybridized carbons (Fsp3) is 0.571. The number of esters is 1. The molecule has 4 heteroatoms. The van der Waals surface area contributed by atoms with Crippen molar-refractivity contribution in [2.75, 3.05) is 19.8 Å². The van der Waals surface area contributed by atoms with Gasteiger partial charge in [-0.3, -0.25) is 0 Å². The second kappa shape index (κ2) is 5.88. The number of aliphatic hydroxyl groups is 2. The van der Waals surface area contributed by atoms with Gasteiger partial charge in [-0.15, -0.1) is 0 Å². The molecular formula is C7H12O4. The summed E-state index contributed by atoms with van der Waals surface area (Å²) >= 11 is 0.